The fraction of sp³-hybridized carbons (Fsp3) is 0.320. The smallest absolute Gasteiger partial charge is 0.262 e. The molecule has 0 spiro atoms. The molecule has 2 aromatic carbocycles. The monoisotopic (exact) mass is 512 g/mol. The summed E-state index contributed by atoms with van der Waals surface area (Å²) in [4.78, 5) is 40.8. The summed E-state index contributed by atoms with van der Waals surface area (Å²) in [5, 5.41) is 3.54. The quantitative estimate of drug-likeness (QED) is 0.520. The summed E-state index contributed by atoms with van der Waals surface area (Å²) in [5.74, 6) is -2.14. The number of ketones is 1. The third kappa shape index (κ3) is 5.00. The van der Waals surface area contributed by atoms with Crippen molar-refractivity contribution in [1.29, 1.82) is 0 Å². The van der Waals surface area contributed by atoms with Gasteiger partial charge < -0.3 is 15.0 Å². The Hall–Kier alpha value is -3.08. The van der Waals surface area contributed by atoms with Crippen molar-refractivity contribution in [2.45, 2.75) is 30.4 Å². The van der Waals surface area contributed by atoms with Crippen LogP contribution in [-0.2, 0) is 29.9 Å². The Bertz CT molecular complexity index is 1350. The topological polar surface area (TPSA) is 110 Å². The summed E-state index contributed by atoms with van der Waals surface area (Å²) >= 11 is 1.27. The zero-order valence-corrected chi connectivity index (χ0v) is 20.4. The summed E-state index contributed by atoms with van der Waals surface area (Å²) in [6, 6.07) is 15.8. The molecule has 0 radical (unpaired) electrons. The van der Waals surface area contributed by atoms with Crippen molar-refractivity contribution < 1.29 is 27.5 Å². The van der Waals surface area contributed by atoms with E-state index in [4.69, 9.17) is 4.74 Å². The van der Waals surface area contributed by atoms with Crippen LogP contribution in [0.15, 0.2) is 60.7 Å². The number of nitrogens with one attached hydrogen (secondary N) is 1. The number of ether oxygens (including phenoxy) is 1. The Kier molecular flexibility index (Phi) is 6.43. The third-order valence-electron chi connectivity index (χ3n) is 6.30. The molecule has 35 heavy (non-hydrogen) atoms. The molecule has 8 nitrogen and oxygen atoms in total. The van der Waals surface area contributed by atoms with Crippen LogP contribution in [-0.4, -0.2) is 68.0 Å². The lowest BCUT2D eigenvalue weighted by Gasteiger charge is -2.27. The number of thiophene rings is 1. The van der Waals surface area contributed by atoms with E-state index in [2.05, 4.69) is 5.32 Å². The Labute approximate surface area is 206 Å². The largest absolute Gasteiger partial charge is 0.368 e. The first-order valence-corrected chi connectivity index (χ1v) is 13.9. The van der Waals surface area contributed by atoms with Crippen molar-refractivity contribution in [2.24, 2.45) is 0 Å². The first-order valence-electron chi connectivity index (χ1n) is 11.3. The summed E-state index contributed by atoms with van der Waals surface area (Å²) in [5.41, 5.74) is 0.593. The van der Waals surface area contributed by atoms with E-state index in [9.17, 15) is 22.8 Å². The van der Waals surface area contributed by atoms with Gasteiger partial charge in [-0.05, 0) is 29.5 Å². The molecule has 3 unspecified atom stereocenters. The van der Waals surface area contributed by atoms with Gasteiger partial charge in [0.1, 0.15) is 18.7 Å². The molecular weight excluding hydrogens is 488 g/mol. The fourth-order valence-electron chi connectivity index (χ4n) is 4.68. The molecule has 5 rings (SSSR count). The predicted molar refractivity (Wildman–Crippen MR) is 132 cm³/mol. The second-order valence-electron chi connectivity index (χ2n) is 8.80. The zero-order chi connectivity index (χ0) is 24.6. The normalized spacial score (nSPS) is 20.7. The number of likely N-dealkylation sites (tertiary alicyclic amines) is 1. The summed E-state index contributed by atoms with van der Waals surface area (Å²) in [7, 11) is -3.77. The highest BCUT2D eigenvalue weighted by Gasteiger charge is 2.48. The lowest BCUT2D eigenvalue weighted by molar-refractivity contribution is -0.137. The van der Waals surface area contributed by atoms with E-state index in [1.807, 2.05) is 24.3 Å². The molecule has 10 heteroatoms. The number of amides is 2. The Morgan fingerprint density at radius 3 is 2.63 bits per heavy atom. The first-order chi connectivity index (χ1) is 16.8. The number of hydrogen-bond acceptors (Lipinski definition) is 7. The Morgan fingerprint density at radius 2 is 1.86 bits per heavy atom. The van der Waals surface area contributed by atoms with Crippen molar-refractivity contribution in [3.63, 3.8) is 0 Å². The average Bonchev–Trinajstić information content (AvgIpc) is 3.54. The van der Waals surface area contributed by atoms with Gasteiger partial charge in [0.2, 0.25) is 5.91 Å². The first kappa shape index (κ1) is 23.7. The van der Waals surface area contributed by atoms with Crippen LogP contribution in [0.5, 0.6) is 0 Å². The molecule has 182 valence electrons. The number of carbonyl (C=O) groups excluding carboxylic acids is 3. The summed E-state index contributed by atoms with van der Waals surface area (Å²) in [6.45, 7) is 0.206. The predicted octanol–water partition coefficient (Wildman–Crippen LogP) is 2.18. The molecule has 2 amide bonds. The second-order valence-corrected chi connectivity index (χ2v) is 12.0. The van der Waals surface area contributed by atoms with E-state index < -0.39 is 39.5 Å². The highest BCUT2D eigenvalue weighted by molar-refractivity contribution is 7.90. The molecule has 3 aromatic rings. The SMILES string of the molecule is O=C(NC(CS(=O)(=O)Cc1ccccc1)C(=O)N1CCC2OCC(=O)C21)c1cc2ccccc2s1. The van der Waals surface area contributed by atoms with Crippen molar-refractivity contribution in [3.8, 4) is 0 Å². The van der Waals surface area contributed by atoms with Crippen LogP contribution in [0.25, 0.3) is 10.1 Å². The molecule has 2 aliphatic heterocycles. The number of fused-ring (bicyclic) bond motifs is 2. The van der Waals surface area contributed by atoms with Crippen LogP contribution in [0, 0.1) is 0 Å². The fourth-order valence-corrected chi connectivity index (χ4v) is 7.20. The van der Waals surface area contributed by atoms with Gasteiger partial charge in [0.15, 0.2) is 15.6 Å². The molecule has 1 N–H and O–H groups in total. The molecule has 3 heterocycles. The lowest BCUT2D eigenvalue weighted by Crippen LogP contribution is -2.54. The van der Waals surface area contributed by atoms with Crippen molar-refractivity contribution in [3.05, 3.63) is 71.1 Å². The maximum absolute atomic E-state index is 13.5. The number of rotatable bonds is 7. The number of sulfone groups is 1. The van der Waals surface area contributed by atoms with Gasteiger partial charge in [-0.15, -0.1) is 11.3 Å². The number of Topliss-reactive ketones (excluding diaryl/α,β-unsaturated/α-hetero) is 1. The van der Waals surface area contributed by atoms with Gasteiger partial charge in [-0.2, -0.15) is 0 Å². The van der Waals surface area contributed by atoms with E-state index in [-0.39, 0.29) is 30.8 Å². The minimum atomic E-state index is -3.77. The molecule has 0 bridgehead atoms. The molecule has 0 aliphatic carbocycles. The van der Waals surface area contributed by atoms with Gasteiger partial charge in [0.05, 0.1) is 22.5 Å². The van der Waals surface area contributed by atoms with E-state index in [1.54, 1.807) is 36.4 Å². The second kappa shape index (κ2) is 9.52. The highest BCUT2D eigenvalue weighted by Crippen LogP contribution is 2.28. The van der Waals surface area contributed by atoms with Crippen LogP contribution in [0.2, 0.25) is 0 Å². The highest BCUT2D eigenvalue weighted by atomic mass is 32.2. The third-order valence-corrected chi connectivity index (χ3v) is 9.03. The average molecular weight is 513 g/mol. The van der Waals surface area contributed by atoms with Crippen LogP contribution in [0.1, 0.15) is 21.7 Å². The summed E-state index contributed by atoms with van der Waals surface area (Å²) in [6.07, 6.45) is 0.113. The number of benzene rings is 2. The van der Waals surface area contributed by atoms with Gasteiger partial charge >= 0.3 is 0 Å². The van der Waals surface area contributed by atoms with Crippen molar-refractivity contribution in [2.75, 3.05) is 18.9 Å². The van der Waals surface area contributed by atoms with Crippen LogP contribution in [0.3, 0.4) is 0 Å². The molecule has 2 fully saturated rings. The number of carbonyl (C=O) groups is 3. The van der Waals surface area contributed by atoms with Crippen molar-refractivity contribution >= 4 is 48.9 Å². The minimum absolute atomic E-state index is 0.0652. The van der Waals surface area contributed by atoms with Crippen LogP contribution >= 0.6 is 11.3 Å². The Balaban J connectivity index is 1.40. The molecule has 2 aliphatic rings. The van der Waals surface area contributed by atoms with Crippen molar-refractivity contribution in [1.82, 2.24) is 10.2 Å². The van der Waals surface area contributed by atoms with Gasteiger partial charge in [-0.25, -0.2) is 8.42 Å². The maximum Gasteiger partial charge on any atom is 0.262 e. The minimum Gasteiger partial charge on any atom is -0.368 e. The molecule has 3 atom stereocenters. The van der Waals surface area contributed by atoms with E-state index in [1.165, 1.54) is 16.2 Å². The van der Waals surface area contributed by atoms with Crippen LogP contribution < -0.4 is 5.32 Å². The number of hydrogen-bond donors (Lipinski definition) is 1. The van der Waals surface area contributed by atoms with Gasteiger partial charge in [-0.1, -0.05) is 48.5 Å². The van der Waals surface area contributed by atoms with Gasteiger partial charge in [-0.3, -0.25) is 14.4 Å². The number of nitrogens with zero attached hydrogens (tertiary/aromatic N) is 1. The van der Waals surface area contributed by atoms with Gasteiger partial charge in [0, 0.05) is 11.2 Å². The van der Waals surface area contributed by atoms with Gasteiger partial charge in [0.25, 0.3) is 5.91 Å². The van der Waals surface area contributed by atoms with Crippen LogP contribution in [0.4, 0.5) is 0 Å². The lowest BCUT2D eigenvalue weighted by atomic mass is 10.1. The Morgan fingerprint density at radius 1 is 1.11 bits per heavy atom. The molecular formula is C25H24N2O6S2. The molecule has 1 aromatic heterocycles. The van der Waals surface area contributed by atoms with E-state index in [0.717, 1.165) is 10.1 Å². The van der Waals surface area contributed by atoms with E-state index >= 15 is 0 Å². The zero-order valence-electron chi connectivity index (χ0n) is 18.8. The molecule has 0 saturated carbocycles. The van der Waals surface area contributed by atoms with E-state index in [0.29, 0.717) is 16.9 Å². The summed E-state index contributed by atoms with van der Waals surface area (Å²) < 4.78 is 32.5. The standard InChI is InChI=1S/C25H24N2O6S2/c28-19-13-33-20-10-11-27(23(19)20)25(30)18(15-35(31,32)14-16-6-2-1-3-7-16)26-24(29)22-12-17-8-4-5-9-21(17)34-22/h1-9,12,18,20,23H,10-11,13-15H2,(H,26,29). The maximum atomic E-state index is 13.5. The molecule has 2 saturated heterocycles.